The van der Waals surface area contributed by atoms with Crippen LogP contribution in [0.3, 0.4) is 0 Å². The predicted octanol–water partition coefficient (Wildman–Crippen LogP) is 7.98. The molecule has 5 aromatic rings. The highest BCUT2D eigenvalue weighted by atomic mass is 16.5. The number of rotatable bonds is 0. The Hall–Kier alpha value is -4.90. The van der Waals surface area contributed by atoms with Crippen molar-refractivity contribution >= 4 is 22.7 Å². The van der Waals surface area contributed by atoms with Crippen LogP contribution in [0.15, 0.2) is 91.0 Å². The van der Waals surface area contributed by atoms with E-state index in [-0.39, 0.29) is 0 Å². The van der Waals surface area contributed by atoms with Crippen LogP contribution in [-0.2, 0) is 0 Å². The molecule has 0 aromatic heterocycles. The highest BCUT2D eigenvalue weighted by Crippen LogP contribution is 2.34. The average Bonchev–Trinajstić information content (AvgIpc) is 2.91. The Labute approximate surface area is 220 Å². The summed E-state index contributed by atoms with van der Waals surface area (Å²) in [6, 6.07) is 27.7. The fraction of sp³-hybridized carbons (Fsp3) is 0.0909. The van der Waals surface area contributed by atoms with Gasteiger partial charge in [0.05, 0.1) is 11.1 Å². The summed E-state index contributed by atoms with van der Waals surface area (Å²) in [5.74, 6) is 1.45. The lowest BCUT2D eigenvalue weighted by molar-refractivity contribution is 0.0724. The molecular formula is C33H24O5. The van der Waals surface area contributed by atoms with Crippen LogP contribution >= 0.6 is 0 Å². The number of ether oxygens (including phenoxy) is 3. The van der Waals surface area contributed by atoms with Crippen molar-refractivity contribution in [2.24, 2.45) is 0 Å². The van der Waals surface area contributed by atoms with Crippen LogP contribution in [0.2, 0.25) is 0 Å². The quantitative estimate of drug-likeness (QED) is 0.159. The van der Waals surface area contributed by atoms with E-state index in [2.05, 4.69) is 6.07 Å². The molecule has 0 radical (unpaired) electrons. The number of esters is 2. The van der Waals surface area contributed by atoms with Crippen LogP contribution in [-0.4, -0.2) is 11.9 Å². The van der Waals surface area contributed by atoms with Crippen molar-refractivity contribution in [1.29, 1.82) is 0 Å². The van der Waals surface area contributed by atoms with Gasteiger partial charge in [-0.15, -0.1) is 0 Å². The van der Waals surface area contributed by atoms with E-state index in [1.165, 1.54) is 0 Å². The van der Waals surface area contributed by atoms with Crippen molar-refractivity contribution in [3.8, 4) is 34.1 Å². The molecule has 0 aliphatic carbocycles. The van der Waals surface area contributed by atoms with Gasteiger partial charge in [-0.05, 0) is 126 Å². The first-order chi connectivity index (χ1) is 18.3. The van der Waals surface area contributed by atoms with Crippen LogP contribution in [0.4, 0.5) is 0 Å². The zero-order valence-electron chi connectivity index (χ0n) is 21.2. The molecule has 0 unspecified atom stereocenters. The fourth-order valence-corrected chi connectivity index (χ4v) is 4.63. The molecule has 12 aliphatic rings. The van der Waals surface area contributed by atoms with Gasteiger partial charge in [0.15, 0.2) is 0 Å². The van der Waals surface area contributed by atoms with Gasteiger partial charge in [0.1, 0.15) is 23.0 Å². The van der Waals surface area contributed by atoms with Gasteiger partial charge in [0.2, 0.25) is 0 Å². The summed E-state index contributed by atoms with van der Waals surface area (Å²) in [5, 5.41) is 1.63. The topological polar surface area (TPSA) is 61.8 Å². The number of aryl methyl sites for hydroxylation is 3. The molecular weight excluding hydrogens is 476 g/mol. The number of carbonyl (C=O) groups is 2. The molecule has 10 bridgehead atoms. The van der Waals surface area contributed by atoms with Gasteiger partial charge < -0.3 is 14.2 Å². The summed E-state index contributed by atoms with van der Waals surface area (Å²) in [5.41, 5.74) is 5.49. The molecule has 17 rings (SSSR count). The monoisotopic (exact) mass is 500 g/mol. The van der Waals surface area contributed by atoms with E-state index in [1.807, 2.05) is 57.2 Å². The van der Waals surface area contributed by atoms with Gasteiger partial charge >= 0.3 is 11.9 Å². The van der Waals surface area contributed by atoms with Gasteiger partial charge in [0.25, 0.3) is 0 Å². The maximum Gasteiger partial charge on any atom is 0.343 e. The van der Waals surface area contributed by atoms with Gasteiger partial charge in [-0.25, -0.2) is 9.59 Å². The second-order valence-electron chi connectivity index (χ2n) is 9.55. The maximum atomic E-state index is 13.0. The Kier molecular flexibility index (Phi) is 5.69. The lowest BCUT2D eigenvalue weighted by Gasteiger charge is -2.13. The lowest BCUT2D eigenvalue weighted by atomic mass is 10.0. The Morgan fingerprint density at radius 2 is 0.842 bits per heavy atom. The summed E-state index contributed by atoms with van der Waals surface area (Å²) in [7, 11) is 0. The summed E-state index contributed by atoms with van der Waals surface area (Å²) in [6.45, 7) is 5.79. The predicted molar refractivity (Wildman–Crippen MR) is 146 cm³/mol. The highest BCUT2D eigenvalue weighted by Gasteiger charge is 2.16. The van der Waals surface area contributed by atoms with Crippen LogP contribution in [0.5, 0.6) is 23.0 Å². The minimum atomic E-state index is -0.462. The third-order valence-electron chi connectivity index (χ3n) is 6.77. The van der Waals surface area contributed by atoms with Crippen molar-refractivity contribution in [3.63, 3.8) is 0 Å². The Morgan fingerprint density at radius 3 is 1.32 bits per heavy atom. The average molecular weight is 501 g/mol. The molecule has 0 spiro atoms. The van der Waals surface area contributed by atoms with Gasteiger partial charge in [-0.2, -0.15) is 0 Å². The summed E-state index contributed by atoms with van der Waals surface area (Å²) >= 11 is 0. The van der Waals surface area contributed by atoms with E-state index in [0.29, 0.717) is 28.4 Å². The first-order valence-corrected chi connectivity index (χ1v) is 12.3. The van der Waals surface area contributed by atoms with E-state index >= 15 is 0 Å². The summed E-state index contributed by atoms with van der Waals surface area (Å²) in [4.78, 5) is 25.9. The van der Waals surface area contributed by atoms with Crippen molar-refractivity contribution in [3.05, 3.63) is 119 Å². The zero-order chi connectivity index (χ0) is 26.4. The number of hydrogen-bond donors (Lipinski definition) is 0. The van der Waals surface area contributed by atoms with Crippen molar-refractivity contribution < 1.29 is 23.8 Å². The number of hydrogen-bond acceptors (Lipinski definition) is 5. The van der Waals surface area contributed by atoms with E-state index in [9.17, 15) is 9.59 Å². The number of carbonyl (C=O) groups excluding carboxylic acids is 2. The molecule has 5 aromatic carbocycles. The third-order valence-corrected chi connectivity index (χ3v) is 6.77. The van der Waals surface area contributed by atoms with E-state index in [0.717, 1.165) is 44.3 Å². The summed E-state index contributed by atoms with van der Waals surface area (Å²) < 4.78 is 17.6. The third kappa shape index (κ3) is 4.39. The molecule has 38 heavy (non-hydrogen) atoms. The zero-order valence-corrected chi connectivity index (χ0v) is 21.2. The first kappa shape index (κ1) is 23.5. The Morgan fingerprint density at radius 1 is 0.421 bits per heavy atom. The SMILES string of the molecule is Cc1cc2ccc1OC(=O)c1ccc3cc(ccc3c1)C(=O)Oc1ccc(cc1C)-c1ccc(c(C)c1)O2. The van der Waals surface area contributed by atoms with Gasteiger partial charge in [-0.3, -0.25) is 0 Å². The van der Waals surface area contributed by atoms with E-state index in [1.54, 1.807) is 48.5 Å². The molecule has 186 valence electrons. The van der Waals surface area contributed by atoms with Crippen LogP contribution in [0, 0.1) is 20.8 Å². The van der Waals surface area contributed by atoms with Gasteiger partial charge in [-0.1, -0.05) is 24.3 Å². The standard InChI is InChI=1S/C33H24O5/c1-19-14-22-8-11-29(19)36-28-10-13-31(21(3)16-28)38-33(35)27-7-5-24-17-26(6-4-25(24)18-27)32(34)37-30-12-9-23(22)15-20(30)2/h4-18H,1-3H3. The second-order valence-corrected chi connectivity index (χ2v) is 9.55. The molecule has 0 amide bonds. The molecule has 0 saturated carbocycles. The van der Waals surface area contributed by atoms with Crippen molar-refractivity contribution in [2.45, 2.75) is 20.8 Å². The minimum Gasteiger partial charge on any atom is -0.457 e. The highest BCUT2D eigenvalue weighted by molar-refractivity contribution is 6.00. The van der Waals surface area contributed by atoms with Crippen molar-refractivity contribution in [2.75, 3.05) is 0 Å². The first-order valence-electron chi connectivity index (χ1n) is 12.3. The van der Waals surface area contributed by atoms with Crippen LogP contribution in [0.1, 0.15) is 37.4 Å². The lowest BCUT2D eigenvalue weighted by Crippen LogP contribution is -2.10. The molecule has 0 N–H and O–H groups in total. The smallest absolute Gasteiger partial charge is 0.343 e. The van der Waals surface area contributed by atoms with E-state index in [4.69, 9.17) is 14.2 Å². The largest absolute Gasteiger partial charge is 0.457 e. The molecule has 0 saturated heterocycles. The Bertz CT molecular complexity index is 1770. The number of benzene rings is 5. The van der Waals surface area contributed by atoms with Crippen LogP contribution in [0.25, 0.3) is 21.9 Å². The molecule has 0 fully saturated rings. The molecule has 5 nitrogen and oxygen atoms in total. The van der Waals surface area contributed by atoms with E-state index < -0.39 is 11.9 Å². The maximum absolute atomic E-state index is 13.0. The molecule has 5 heteroatoms. The van der Waals surface area contributed by atoms with Crippen molar-refractivity contribution in [1.82, 2.24) is 0 Å². The molecule has 0 atom stereocenters. The second kappa shape index (κ2) is 9.20. The summed E-state index contributed by atoms with van der Waals surface area (Å²) in [6.07, 6.45) is 0. The fourth-order valence-electron chi connectivity index (χ4n) is 4.63. The van der Waals surface area contributed by atoms with Crippen LogP contribution < -0.4 is 14.2 Å². The van der Waals surface area contributed by atoms with Gasteiger partial charge in [0, 0.05) is 0 Å². The molecule has 12 aliphatic heterocycles. The normalized spacial score (nSPS) is 12.8. The Balaban J connectivity index is 1.46. The molecule has 12 heterocycles. The minimum absolute atomic E-state index is 0.414.